The van der Waals surface area contributed by atoms with E-state index in [2.05, 4.69) is 11.4 Å². The molecule has 0 aromatic carbocycles. The Bertz CT molecular complexity index is 155. The number of amides is 1. The molecule has 0 rings (SSSR count). The lowest BCUT2D eigenvalue weighted by molar-refractivity contribution is 0.105. The van der Waals surface area contributed by atoms with Crippen molar-refractivity contribution in [2.45, 2.75) is 32.8 Å². The molecule has 70 valence electrons. The van der Waals surface area contributed by atoms with Crippen LogP contribution in [0, 0.1) is 0 Å². The zero-order chi connectivity index (χ0) is 9.40. The van der Waals surface area contributed by atoms with Crippen LogP contribution in [0.15, 0.2) is 12.2 Å². The SMILES string of the molecule is CC=CCCC(C)OC(=O)NC. The van der Waals surface area contributed by atoms with Gasteiger partial charge in [0.1, 0.15) is 6.10 Å². The van der Waals surface area contributed by atoms with Crippen molar-refractivity contribution in [3.05, 3.63) is 12.2 Å². The molecule has 0 fully saturated rings. The summed E-state index contributed by atoms with van der Waals surface area (Å²) in [5.74, 6) is 0. The van der Waals surface area contributed by atoms with E-state index in [-0.39, 0.29) is 12.2 Å². The molecule has 0 radical (unpaired) electrons. The number of nitrogens with one attached hydrogen (secondary N) is 1. The van der Waals surface area contributed by atoms with Gasteiger partial charge >= 0.3 is 6.09 Å². The maximum atomic E-state index is 10.7. The van der Waals surface area contributed by atoms with Crippen LogP contribution in [0.2, 0.25) is 0 Å². The molecule has 1 unspecified atom stereocenters. The zero-order valence-electron chi connectivity index (χ0n) is 7.96. The minimum Gasteiger partial charge on any atom is -0.447 e. The van der Waals surface area contributed by atoms with Gasteiger partial charge in [0, 0.05) is 7.05 Å². The van der Waals surface area contributed by atoms with Crippen LogP contribution >= 0.6 is 0 Å². The summed E-state index contributed by atoms with van der Waals surface area (Å²) in [5, 5.41) is 2.41. The summed E-state index contributed by atoms with van der Waals surface area (Å²) in [6.45, 7) is 3.86. The fourth-order valence-corrected chi connectivity index (χ4v) is 0.798. The van der Waals surface area contributed by atoms with Gasteiger partial charge < -0.3 is 10.1 Å². The van der Waals surface area contributed by atoms with E-state index in [1.165, 1.54) is 0 Å². The molecular weight excluding hydrogens is 154 g/mol. The van der Waals surface area contributed by atoms with Crippen molar-refractivity contribution in [1.29, 1.82) is 0 Å². The highest BCUT2D eigenvalue weighted by molar-refractivity contribution is 5.66. The van der Waals surface area contributed by atoms with Crippen LogP contribution in [-0.2, 0) is 4.74 Å². The number of rotatable bonds is 4. The smallest absolute Gasteiger partial charge is 0.407 e. The lowest BCUT2D eigenvalue weighted by atomic mass is 10.2. The standard InChI is InChI=1S/C9H17NO2/c1-4-5-6-7-8(2)12-9(11)10-3/h4-5,8H,6-7H2,1-3H3,(H,10,11). The van der Waals surface area contributed by atoms with Gasteiger partial charge in [-0.1, -0.05) is 12.2 Å². The molecule has 0 aliphatic heterocycles. The van der Waals surface area contributed by atoms with Gasteiger partial charge in [0.2, 0.25) is 0 Å². The molecular formula is C9H17NO2. The molecule has 1 N–H and O–H groups in total. The number of hydrogen-bond donors (Lipinski definition) is 1. The highest BCUT2D eigenvalue weighted by Crippen LogP contribution is 2.02. The van der Waals surface area contributed by atoms with E-state index in [1.54, 1.807) is 7.05 Å². The van der Waals surface area contributed by atoms with Gasteiger partial charge in [-0.15, -0.1) is 0 Å². The van der Waals surface area contributed by atoms with E-state index in [9.17, 15) is 4.79 Å². The fourth-order valence-electron chi connectivity index (χ4n) is 0.798. The number of hydrogen-bond acceptors (Lipinski definition) is 2. The van der Waals surface area contributed by atoms with Gasteiger partial charge in [-0.3, -0.25) is 0 Å². The Morgan fingerprint density at radius 1 is 1.67 bits per heavy atom. The normalized spacial score (nSPS) is 12.9. The molecule has 0 aromatic rings. The van der Waals surface area contributed by atoms with Crippen LogP contribution in [0.25, 0.3) is 0 Å². The first-order valence-electron chi connectivity index (χ1n) is 4.20. The van der Waals surface area contributed by atoms with E-state index < -0.39 is 0 Å². The summed E-state index contributed by atoms with van der Waals surface area (Å²) in [7, 11) is 1.56. The third-order valence-corrected chi connectivity index (χ3v) is 1.49. The van der Waals surface area contributed by atoms with Crippen molar-refractivity contribution >= 4 is 6.09 Å². The third-order valence-electron chi connectivity index (χ3n) is 1.49. The Morgan fingerprint density at radius 2 is 2.33 bits per heavy atom. The van der Waals surface area contributed by atoms with Crippen LogP contribution in [0.4, 0.5) is 4.79 Å². The molecule has 3 heteroatoms. The first-order valence-corrected chi connectivity index (χ1v) is 4.20. The first-order chi connectivity index (χ1) is 5.70. The number of ether oxygens (including phenoxy) is 1. The highest BCUT2D eigenvalue weighted by atomic mass is 16.6. The molecule has 0 aromatic heterocycles. The van der Waals surface area contributed by atoms with E-state index in [0.29, 0.717) is 0 Å². The Morgan fingerprint density at radius 3 is 2.83 bits per heavy atom. The lowest BCUT2D eigenvalue weighted by Gasteiger charge is -2.10. The van der Waals surface area contributed by atoms with Crippen molar-refractivity contribution in [2.24, 2.45) is 0 Å². The average molecular weight is 171 g/mol. The van der Waals surface area contributed by atoms with Crippen molar-refractivity contribution in [3.63, 3.8) is 0 Å². The maximum absolute atomic E-state index is 10.7. The summed E-state index contributed by atoms with van der Waals surface area (Å²) in [4.78, 5) is 10.7. The minimum atomic E-state index is -0.358. The first kappa shape index (κ1) is 11.0. The van der Waals surface area contributed by atoms with Gasteiger partial charge in [0.05, 0.1) is 0 Å². The Labute approximate surface area is 73.8 Å². The fraction of sp³-hybridized carbons (Fsp3) is 0.667. The molecule has 0 aliphatic rings. The van der Waals surface area contributed by atoms with Crippen molar-refractivity contribution < 1.29 is 9.53 Å². The van der Waals surface area contributed by atoms with E-state index in [4.69, 9.17) is 4.74 Å². The zero-order valence-corrected chi connectivity index (χ0v) is 7.96. The number of alkyl carbamates (subject to hydrolysis) is 1. The van der Waals surface area contributed by atoms with Crippen LogP contribution in [0.1, 0.15) is 26.7 Å². The predicted molar refractivity (Wildman–Crippen MR) is 49.1 cm³/mol. The lowest BCUT2D eigenvalue weighted by Crippen LogP contribution is -2.24. The number of carbonyl (C=O) groups is 1. The molecule has 0 bridgehead atoms. The topological polar surface area (TPSA) is 38.3 Å². The molecule has 1 amide bonds. The Balaban J connectivity index is 3.45. The second kappa shape index (κ2) is 6.70. The van der Waals surface area contributed by atoms with Crippen LogP contribution in [-0.4, -0.2) is 19.2 Å². The average Bonchev–Trinajstić information content (AvgIpc) is 2.05. The van der Waals surface area contributed by atoms with Crippen molar-refractivity contribution in [2.75, 3.05) is 7.05 Å². The molecule has 0 aliphatic carbocycles. The summed E-state index contributed by atoms with van der Waals surface area (Å²) in [5.41, 5.74) is 0. The monoisotopic (exact) mass is 171 g/mol. The molecule has 0 spiro atoms. The minimum absolute atomic E-state index is 0.0128. The molecule has 3 nitrogen and oxygen atoms in total. The second-order valence-corrected chi connectivity index (χ2v) is 2.61. The second-order valence-electron chi connectivity index (χ2n) is 2.61. The van der Waals surface area contributed by atoms with Crippen molar-refractivity contribution in [3.8, 4) is 0 Å². The van der Waals surface area contributed by atoms with Gasteiger partial charge in [-0.2, -0.15) is 0 Å². The quantitative estimate of drug-likeness (QED) is 0.658. The molecule has 12 heavy (non-hydrogen) atoms. The van der Waals surface area contributed by atoms with Gasteiger partial charge in [-0.05, 0) is 26.7 Å². The summed E-state index contributed by atoms with van der Waals surface area (Å²) in [6.07, 6.45) is 5.51. The van der Waals surface area contributed by atoms with E-state index in [0.717, 1.165) is 12.8 Å². The summed E-state index contributed by atoms with van der Waals surface area (Å²) >= 11 is 0. The predicted octanol–water partition coefficient (Wildman–Crippen LogP) is 2.09. The van der Waals surface area contributed by atoms with Gasteiger partial charge in [0.15, 0.2) is 0 Å². The molecule has 0 heterocycles. The largest absolute Gasteiger partial charge is 0.447 e. The van der Waals surface area contributed by atoms with Crippen molar-refractivity contribution in [1.82, 2.24) is 5.32 Å². The maximum Gasteiger partial charge on any atom is 0.407 e. The van der Waals surface area contributed by atoms with Gasteiger partial charge in [0.25, 0.3) is 0 Å². The highest BCUT2D eigenvalue weighted by Gasteiger charge is 2.05. The number of carbonyl (C=O) groups excluding carboxylic acids is 1. The molecule has 0 saturated heterocycles. The third kappa shape index (κ3) is 5.77. The van der Waals surface area contributed by atoms with Crippen LogP contribution < -0.4 is 5.32 Å². The Hall–Kier alpha value is -0.990. The summed E-state index contributed by atoms with van der Waals surface area (Å²) < 4.78 is 4.96. The van der Waals surface area contributed by atoms with E-state index in [1.807, 2.05) is 19.9 Å². The van der Waals surface area contributed by atoms with Gasteiger partial charge in [-0.25, -0.2) is 4.79 Å². The van der Waals surface area contributed by atoms with Crippen LogP contribution in [0.3, 0.4) is 0 Å². The summed E-state index contributed by atoms with van der Waals surface area (Å²) in [6, 6.07) is 0. The van der Waals surface area contributed by atoms with Crippen LogP contribution in [0.5, 0.6) is 0 Å². The van der Waals surface area contributed by atoms with E-state index >= 15 is 0 Å². The molecule has 1 atom stereocenters. The molecule has 0 saturated carbocycles. The number of allylic oxidation sites excluding steroid dienone is 2. The Kier molecular flexibility index (Phi) is 6.15.